The van der Waals surface area contributed by atoms with E-state index in [2.05, 4.69) is 44.1 Å². The number of hydrogen-bond donors (Lipinski definition) is 0. The summed E-state index contributed by atoms with van der Waals surface area (Å²) in [5, 5.41) is 4.44. The molecular weight excluding hydrogens is 268 g/mol. The fourth-order valence-electron chi connectivity index (χ4n) is 1.92. The molecule has 0 bridgehead atoms. The van der Waals surface area contributed by atoms with Gasteiger partial charge in [0.15, 0.2) is 0 Å². The molecule has 0 aromatic carbocycles. The maximum atomic E-state index is 4.44. The summed E-state index contributed by atoms with van der Waals surface area (Å²) in [5.41, 5.74) is 1.07. The van der Waals surface area contributed by atoms with Crippen LogP contribution in [0.15, 0.2) is 10.7 Å². The van der Waals surface area contributed by atoms with Crippen LogP contribution in [-0.4, -0.2) is 59.4 Å². The average molecular weight is 287 g/mol. The molecule has 90 valence electrons. The summed E-state index contributed by atoms with van der Waals surface area (Å²) in [4.78, 5) is 4.88. The summed E-state index contributed by atoms with van der Waals surface area (Å²) in [6.45, 7) is 8.83. The molecule has 0 radical (unpaired) electrons. The van der Waals surface area contributed by atoms with Crippen molar-refractivity contribution in [2.45, 2.75) is 13.5 Å². The van der Waals surface area contributed by atoms with Crippen LogP contribution in [0.4, 0.5) is 0 Å². The third-order valence-electron chi connectivity index (χ3n) is 3.13. The highest BCUT2D eigenvalue weighted by Gasteiger charge is 2.13. The SMILES string of the molecule is Cc1nn(CCN2CCN(C)CC2)cc1Br. The largest absolute Gasteiger partial charge is 0.304 e. The third kappa shape index (κ3) is 3.06. The van der Waals surface area contributed by atoms with E-state index < -0.39 is 0 Å². The number of hydrogen-bond acceptors (Lipinski definition) is 3. The van der Waals surface area contributed by atoms with Gasteiger partial charge in [-0.25, -0.2) is 0 Å². The molecule has 0 saturated carbocycles. The highest BCUT2D eigenvalue weighted by Crippen LogP contribution is 2.13. The first kappa shape index (κ1) is 12.1. The van der Waals surface area contributed by atoms with Gasteiger partial charge in [0, 0.05) is 38.9 Å². The molecule has 0 spiro atoms. The van der Waals surface area contributed by atoms with Crippen molar-refractivity contribution < 1.29 is 0 Å². The lowest BCUT2D eigenvalue weighted by atomic mass is 10.3. The molecule has 2 heterocycles. The lowest BCUT2D eigenvalue weighted by Gasteiger charge is -2.32. The minimum Gasteiger partial charge on any atom is -0.304 e. The normalized spacial score (nSPS) is 19.2. The Balaban J connectivity index is 1.79. The van der Waals surface area contributed by atoms with Gasteiger partial charge in [0.1, 0.15) is 0 Å². The molecule has 5 heteroatoms. The molecule has 0 N–H and O–H groups in total. The molecule has 4 nitrogen and oxygen atoms in total. The second-order valence-electron chi connectivity index (χ2n) is 4.47. The molecule has 1 aromatic heterocycles. The van der Waals surface area contributed by atoms with E-state index in [4.69, 9.17) is 0 Å². The van der Waals surface area contributed by atoms with Crippen molar-refractivity contribution in [2.24, 2.45) is 0 Å². The van der Waals surface area contributed by atoms with Gasteiger partial charge in [-0.3, -0.25) is 9.58 Å². The van der Waals surface area contributed by atoms with Crippen LogP contribution in [0, 0.1) is 6.92 Å². The van der Waals surface area contributed by atoms with Gasteiger partial charge in [0.2, 0.25) is 0 Å². The van der Waals surface area contributed by atoms with Gasteiger partial charge >= 0.3 is 0 Å². The van der Waals surface area contributed by atoms with E-state index in [1.807, 2.05) is 11.6 Å². The fourth-order valence-corrected chi connectivity index (χ4v) is 2.24. The molecule has 16 heavy (non-hydrogen) atoms. The highest BCUT2D eigenvalue weighted by molar-refractivity contribution is 9.10. The average Bonchev–Trinajstić information content (AvgIpc) is 2.58. The van der Waals surface area contributed by atoms with Crippen LogP contribution in [0.25, 0.3) is 0 Å². The lowest BCUT2D eigenvalue weighted by Crippen LogP contribution is -2.45. The van der Waals surface area contributed by atoms with Crippen molar-refractivity contribution in [3.05, 3.63) is 16.4 Å². The fraction of sp³-hybridized carbons (Fsp3) is 0.727. The topological polar surface area (TPSA) is 24.3 Å². The van der Waals surface area contributed by atoms with Crippen LogP contribution >= 0.6 is 15.9 Å². The summed E-state index contributed by atoms with van der Waals surface area (Å²) < 4.78 is 3.13. The van der Waals surface area contributed by atoms with Crippen molar-refractivity contribution >= 4 is 15.9 Å². The van der Waals surface area contributed by atoms with Gasteiger partial charge in [-0.1, -0.05) is 0 Å². The molecule has 0 aliphatic carbocycles. The van der Waals surface area contributed by atoms with Gasteiger partial charge in [-0.05, 0) is 29.9 Å². The molecule has 1 saturated heterocycles. The Morgan fingerprint density at radius 3 is 2.50 bits per heavy atom. The predicted molar refractivity (Wildman–Crippen MR) is 68.6 cm³/mol. The number of nitrogens with zero attached hydrogens (tertiary/aromatic N) is 4. The number of rotatable bonds is 3. The molecule has 0 unspecified atom stereocenters. The smallest absolute Gasteiger partial charge is 0.0735 e. The van der Waals surface area contributed by atoms with Crippen LogP contribution in [0.5, 0.6) is 0 Å². The van der Waals surface area contributed by atoms with Gasteiger partial charge in [-0.15, -0.1) is 0 Å². The summed E-state index contributed by atoms with van der Waals surface area (Å²) in [6, 6.07) is 0. The summed E-state index contributed by atoms with van der Waals surface area (Å²) in [6.07, 6.45) is 2.06. The summed E-state index contributed by atoms with van der Waals surface area (Å²) in [5.74, 6) is 0. The van der Waals surface area contributed by atoms with Gasteiger partial charge in [0.25, 0.3) is 0 Å². The first-order valence-electron chi connectivity index (χ1n) is 5.75. The Bertz CT molecular complexity index is 322. The predicted octanol–water partition coefficient (Wildman–Crippen LogP) is 1.20. The quantitative estimate of drug-likeness (QED) is 0.835. The van der Waals surface area contributed by atoms with E-state index in [1.54, 1.807) is 0 Å². The van der Waals surface area contributed by atoms with Gasteiger partial charge in [0.05, 0.1) is 16.7 Å². The summed E-state index contributed by atoms with van der Waals surface area (Å²) >= 11 is 3.49. The van der Waals surface area contributed by atoms with Crippen molar-refractivity contribution in [1.29, 1.82) is 0 Å². The Morgan fingerprint density at radius 1 is 1.25 bits per heavy atom. The van der Waals surface area contributed by atoms with E-state index in [0.29, 0.717) is 0 Å². The minimum absolute atomic E-state index is 0.982. The second kappa shape index (κ2) is 5.29. The Hall–Kier alpha value is -0.390. The van der Waals surface area contributed by atoms with E-state index >= 15 is 0 Å². The van der Waals surface area contributed by atoms with Crippen LogP contribution < -0.4 is 0 Å². The van der Waals surface area contributed by atoms with Crippen LogP contribution in [0.1, 0.15) is 5.69 Å². The molecule has 2 rings (SSSR count). The zero-order valence-corrected chi connectivity index (χ0v) is 11.6. The molecular formula is C11H19BrN4. The number of aryl methyl sites for hydroxylation is 1. The maximum absolute atomic E-state index is 4.44. The van der Waals surface area contributed by atoms with Crippen molar-refractivity contribution in [3.8, 4) is 0 Å². The molecule has 1 aliphatic heterocycles. The first-order valence-corrected chi connectivity index (χ1v) is 6.55. The Labute approximate surface area is 105 Å². The van der Waals surface area contributed by atoms with Crippen LogP contribution in [-0.2, 0) is 6.54 Å². The lowest BCUT2D eigenvalue weighted by molar-refractivity contribution is 0.148. The van der Waals surface area contributed by atoms with E-state index in [9.17, 15) is 0 Å². The van der Waals surface area contributed by atoms with Crippen LogP contribution in [0.3, 0.4) is 0 Å². The standard InChI is InChI=1S/C11H19BrN4/c1-10-11(12)9-16(13-10)8-7-15-5-3-14(2)4-6-15/h9H,3-8H2,1-2H3. The van der Waals surface area contributed by atoms with E-state index in [0.717, 1.165) is 23.3 Å². The van der Waals surface area contributed by atoms with E-state index in [-0.39, 0.29) is 0 Å². The van der Waals surface area contributed by atoms with Crippen molar-refractivity contribution in [3.63, 3.8) is 0 Å². The molecule has 1 aromatic rings. The number of aromatic nitrogens is 2. The van der Waals surface area contributed by atoms with Gasteiger partial charge < -0.3 is 4.90 Å². The Kier molecular flexibility index (Phi) is 4.00. The van der Waals surface area contributed by atoms with E-state index in [1.165, 1.54) is 26.2 Å². The highest BCUT2D eigenvalue weighted by atomic mass is 79.9. The third-order valence-corrected chi connectivity index (χ3v) is 3.91. The first-order chi connectivity index (χ1) is 7.65. The number of piperazine rings is 1. The zero-order chi connectivity index (χ0) is 11.5. The molecule has 0 atom stereocenters. The minimum atomic E-state index is 0.982. The number of likely N-dealkylation sites (N-methyl/N-ethyl adjacent to an activating group) is 1. The molecule has 1 fully saturated rings. The van der Waals surface area contributed by atoms with Crippen molar-refractivity contribution in [2.75, 3.05) is 39.8 Å². The van der Waals surface area contributed by atoms with Crippen molar-refractivity contribution in [1.82, 2.24) is 19.6 Å². The monoisotopic (exact) mass is 286 g/mol. The van der Waals surface area contributed by atoms with Crippen LogP contribution in [0.2, 0.25) is 0 Å². The Morgan fingerprint density at radius 2 is 1.94 bits per heavy atom. The maximum Gasteiger partial charge on any atom is 0.0735 e. The number of halogens is 1. The molecule has 0 amide bonds. The molecule has 1 aliphatic rings. The second-order valence-corrected chi connectivity index (χ2v) is 5.32. The zero-order valence-electron chi connectivity index (χ0n) is 9.99. The summed E-state index contributed by atoms with van der Waals surface area (Å²) in [7, 11) is 2.19. The van der Waals surface area contributed by atoms with Gasteiger partial charge in [-0.2, -0.15) is 5.10 Å².